The third kappa shape index (κ3) is 3.42. The molecule has 2 fully saturated rings. The minimum Gasteiger partial charge on any atom is -0.378 e. The fraction of sp³-hybridized carbons (Fsp3) is 0.625. The molecule has 2 atom stereocenters. The Bertz CT molecular complexity index is 534. The standard InChI is InChI=1S/C16H22ClN3O2/c1-12-9-19(10-13-2-3-18-8-15(13)17)11-14(12)16(21)20-4-6-22-7-5-20/h2-3,8,12,14H,4-7,9-11H2,1H3/t12-,14-/m1/s1. The summed E-state index contributed by atoms with van der Waals surface area (Å²) in [4.78, 5) is 21.0. The molecule has 2 aliphatic rings. The predicted octanol–water partition coefficient (Wildman–Crippen LogP) is 1.66. The summed E-state index contributed by atoms with van der Waals surface area (Å²) in [7, 11) is 0. The highest BCUT2D eigenvalue weighted by Crippen LogP contribution is 2.27. The van der Waals surface area contributed by atoms with Gasteiger partial charge in [-0.05, 0) is 17.5 Å². The lowest BCUT2D eigenvalue weighted by molar-refractivity contribution is -0.140. The van der Waals surface area contributed by atoms with Crippen LogP contribution in [-0.4, -0.2) is 60.1 Å². The zero-order chi connectivity index (χ0) is 15.5. The van der Waals surface area contributed by atoms with Crippen LogP contribution in [0.5, 0.6) is 0 Å². The van der Waals surface area contributed by atoms with Gasteiger partial charge in [0.05, 0.1) is 24.2 Å². The molecule has 0 aliphatic carbocycles. The molecule has 0 saturated carbocycles. The van der Waals surface area contributed by atoms with Crippen LogP contribution in [0.1, 0.15) is 12.5 Å². The molecule has 3 heterocycles. The Morgan fingerprint density at radius 1 is 1.41 bits per heavy atom. The van der Waals surface area contributed by atoms with E-state index in [0.717, 1.165) is 38.3 Å². The molecule has 2 saturated heterocycles. The van der Waals surface area contributed by atoms with Crippen molar-refractivity contribution in [2.75, 3.05) is 39.4 Å². The first-order valence-electron chi connectivity index (χ1n) is 7.82. The Morgan fingerprint density at radius 3 is 2.91 bits per heavy atom. The molecule has 0 aromatic carbocycles. The van der Waals surface area contributed by atoms with E-state index in [-0.39, 0.29) is 11.8 Å². The molecular formula is C16H22ClN3O2. The van der Waals surface area contributed by atoms with Crippen LogP contribution in [0, 0.1) is 11.8 Å². The van der Waals surface area contributed by atoms with Crippen molar-refractivity contribution in [2.45, 2.75) is 13.5 Å². The van der Waals surface area contributed by atoms with Crippen molar-refractivity contribution in [1.82, 2.24) is 14.8 Å². The van der Waals surface area contributed by atoms with E-state index in [1.807, 2.05) is 11.0 Å². The number of nitrogens with zero attached hydrogens (tertiary/aromatic N) is 3. The molecule has 0 unspecified atom stereocenters. The molecule has 6 heteroatoms. The second-order valence-corrected chi connectivity index (χ2v) is 6.59. The number of hydrogen-bond acceptors (Lipinski definition) is 4. The first-order valence-corrected chi connectivity index (χ1v) is 8.20. The van der Waals surface area contributed by atoms with E-state index in [9.17, 15) is 4.79 Å². The van der Waals surface area contributed by atoms with Gasteiger partial charge in [-0.15, -0.1) is 0 Å². The van der Waals surface area contributed by atoms with E-state index in [4.69, 9.17) is 16.3 Å². The molecule has 3 rings (SSSR count). The van der Waals surface area contributed by atoms with Crippen LogP contribution < -0.4 is 0 Å². The molecule has 1 amide bonds. The number of ether oxygens (including phenoxy) is 1. The number of likely N-dealkylation sites (tertiary alicyclic amines) is 1. The number of morpholine rings is 1. The number of aromatic nitrogens is 1. The lowest BCUT2D eigenvalue weighted by Crippen LogP contribution is -2.45. The number of halogens is 1. The van der Waals surface area contributed by atoms with Crippen molar-refractivity contribution in [3.8, 4) is 0 Å². The van der Waals surface area contributed by atoms with E-state index >= 15 is 0 Å². The second kappa shape index (κ2) is 6.94. The van der Waals surface area contributed by atoms with Crippen LogP contribution in [0.2, 0.25) is 5.02 Å². The van der Waals surface area contributed by atoms with Crippen LogP contribution in [0.25, 0.3) is 0 Å². The Labute approximate surface area is 136 Å². The molecule has 1 aromatic heterocycles. The smallest absolute Gasteiger partial charge is 0.227 e. The average molecular weight is 324 g/mol. The van der Waals surface area contributed by atoms with Gasteiger partial charge >= 0.3 is 0 Å². The Morgan fingerprint density at radius 2 is 2.18 bits per heavy atom. The topological polar surface area (TPSA) is 45.7 Å². The first-order chi connectivity index (χ1) is 10.6. The molecule has 0 bridgehead atoms. The van der Waals surface area contributed by atoms with Gasteiger partial charge in [0.1, 0.15) is 0 Å². The van der Waals surface area contributed by atoms with E-state index in [1.54, 1.807) is 12.4 Å². The van der Waals surface area contributed by atoms with Crippen LogP contribution in [-0.2, 0) is 16.1 Å². The lowest BCUT2D eigenvalue weighted by atomic mass is 9.96. The molecule has 0 spiro atoms. The van der Waals surface area contributed by atoms with Crippen molar-refractivity contribution in [2.24, 2.45) is 11.8 Å². The van der Waals surface area contributed by atoms with Crippen LogP contribution in [0.4, 0.5) is 0 Å². The Kier molecular flexibility index (Phi) is 4.96. The predicted molar refractivity (Wildman–Crippen MR) is 84.6 cm³/mol. The second-order valence-electron chi connectivity index (χ2n) is 6.18. The van der Waals surface area contributed by atoms with Crippen LogP contribution in [0.15, 0.2) is 18.5 Å². The van der Waals surface area contributed by atoms with E-state index in [1.165, 1.54) is 0 Å². The minimum absolute atomic E-state index is 0.0821. The van der Waals surface area contributed by atoms with Crippen molar-refractivity contribution in [3.05, 3.63) is 29.0 Å². The highest BCUT2D eigenvalue weighted by Gasteiger charge is 2.37. The number of carbonyl (C=O) groups excluding carboxylic acids is 1. The third-order valence-corrected chi connectivity index (χ3v) is 4.92. The largest absolute Gasteiger partial charge is 0.378 e. The van der Waals surface area contributed by atoms with Gasteiger partial charge in [-0.3, -0.25) is 14.7 Å². The molecule has 0 radical (unpaired) electrons. The van der Waals surface area contributed by atoms with Gasteiger partial charge in [0, 0.05) is 45.1 Å². The van der Waals surface area contributed by atoms with Crippen molar-refractivity contribution in [3.63, 3.8) is 0 Å². The Hall–Kier alpha value is -1.17. The summed E-state index contributed by atoms with van der Waals surface area (Å²) in [6.45, 7) is 7.42. The van der Waals surface area contributed by atoms with Gasteiger partial charge < -0.3 is 9.64 Å². The summed E-state index contributed by atoms with van der Waals surface area (Å²) in [5, 5.41) is 0.693. The van der Waals surface area contributed by atoms with Gasteiger partial charge in [-0.25, -0.2) is 0 Å². The van der Waals surface area contributed by atoms with Gasteiger partial charge in [-0.1, -0.05) is 18.5 Å². The number of carbonyl (C=O) groups is 1. The summed E-state index contributed by atoms with van der Waals surface area (Å²) in [5.41, 5.74) is 1.07. The zero-order valence-corrected chi connectivity index (χ0v) is 13.6. The minimum atomic E-state index is 0.0821. The highest BCUT2D eigenvalue weighted by atomic mass is 35.5. The van der Waals surface area contributed by atoms with E-state index in [2.05, 4.69) is 16.8 Å². The molecule has 5 nitrogen and oxygen atoms in total. The van der Waals surface area contributed by atoms with Gasteiger partial charge in [-0.2, -0.15) is 0 Å². The zero-order valence-electron chi connectivity index (χ0n) is 12.9. The Balaban J connectivity index is 1.61. The van der Waals surface area contributed by atoms with Crippen molar-refractivity contribution in [1.29, 1.82) is 0 Å². The maximum absolute atomic E-state index is 12.7. The van der Waals surface area contributed by atoms with Gasteiger partial charge in [0.2, 0.25) is 5.91 Å². The van der Waals surface area contributed by atoms with Gasteiger partial charge in [0.25, 0.3) is 0 Å². The SMILES string of the molecule is C[C@@H]1CN(Cc2ccncc2Cl)C[C@H]1C(=O)N1CCOCC1. The van der Waals surface area contributed by atoms with E-state index in [0.29, 0.717) is 24.2 Å². The summed E-state index contributed by atoms with van der Waals surface area (Å²) >= 11 is 6.18. The summed E-state index contributed by atoms with van der Waals surface area (Å²) < 4.78 is 5.33. The fourth-order valence-electron chi connectivity index (χ4n) is 3.31. The maximum atomic E-state index is 12.7. The molecule has 2 aliphatic heterocycles. The van der Waals surface area contributed by atoms with Crippen LogP contribution >= 0.6 is 11.6 Å². The summed E-state index contributed by atoms with van der Waals surface area (Å²) in [6.07, 6.45) is 3.43. The third-order valence-electron chi connectivity index (χ3n) is 4.58. The number of pyridine rings is 1. The van der Waals surface area contributed by atoms with Crippen molar-refractivity contribution < 1.29 is 9.53 Å². The quantitative estimate of drug-likeness (QED) is 0.849. The number of rotatable bonds is 3. The number of amides is 1. The molecule has 120 valence electrons. The normalized spacial score (nSPS) is 26.4. The maximum Gasteiger partial charge on any atom is 0.227 e. The fourth-order valence-corrected chi connectivity index (χ4v) is 3.49. The monoisotopic (exact) mass is 323 g/mol. The van der Waals surface area contributed by atoms with E-state index < -0.39 is 0 Å². The van der Waals surface area contributed by atoms with Gasteiger partial charge in [0.15, 0.2) is 0 Å². The molecule has 22 heavy (non-hydrogen) atoms. The molecule has 1 aromatic rings. The lowest BCUT2D eigenvalue weighted by Gasteiger charge is -2.30. The first kappa shape index (κ1) is 15.7. The van der Waals surface area contributed by atoms with Crippen LogP contribution in [0.3, 0.4) is 0 Å². The summed E-state index contributed by atoms with van der Waals surface area (Å²) in [5.74, 6) is 0.730. The number of hydrogen-bond donors (Lipinski definition) is 0. The highest BCUT2D eigenvalue weighted by molar-refractivity contribution is 6.31. The summed E-state index contributed by atoms with van der Waals surface area (Å²) in [6, 6.07) is 1.95. The molecular weight excluding hydrogens is 302 g/mol. The molecule has 0 N–H and O–H groups in total. The van der Waals surface area contributed by atoms with Crippen molar-refractivity contribution >= 4 is 17.5 Å². The average Bonchev–Trinajstić information content (AvgIpc) is 2.90.